The minimum atomic E-state index is -0.238. The summed E-state index contributed by atoms with van der Waals surface area (Å²) in [5.41, 5.74) is 4.08. The number of rotatable bonds is 4. The first-order valence-corrected chi connectivity index (χ1v) is 6.79. The summed E-state index contributed by atoms with van der Waals surface area (Å²) in [4.78, 5) is 16.2. The first-order chi connectivity index (χ1) is 9.51. The summed E-state index contributed by atoms with van der Waals surface area (Å²) in [6, 6.07) is 8.07. The van der Waals surface area contributed by atoms with Crippen molar-refractivity contribution in [3.05, 3.63) is 46.9 Å². The standard InChI is InChI=1S/C16H20N2O2/c1-5-20-16(19)10-14-8-11(2)9-15(17-14)18-12(3)6-7-13(18)4/h6-9H,5,10H2,1-4H3. The molecule has 0 bridgehead atoms. The summed E-state index contributed by atoms with van der Waals surface area (Å²) in [6.45, 7) is 8.30. The van der Waals surface area contributed by atoms with E-state index in [-0.39, 0.29) is 12.4 Å². The number of nitrogens with zero attached hydrogens (tertiary/aromatic N) is 2. The fourth-order valence-electron chi connectivity index (χ4n) is 2.31. The Morgan fingerprint density at radius 1 is 1.20 bits per heavy atom. The number of aryl methyl sites for hydroxylation is 3. The molecule has 0 saturated heterocycles. The van der Waals surface area contributed by atoms with Crippen molar-refractivity contribution in [2.24, 2.45) is 0 Å². The topological polar surface area (TPSA) is 44.1 Å². The summed E-state index contributed by atoms with van der Waals surface area (Å²) >= 11 is 0. The van der Waals surface area contributed by atoms with Crippen LogP contribution in [-0.4, -0.2) is 22.1 Å². The number of carbonyl (C=O) groups excluding carboxylic acids is 1. The lowest BCUT2D eigenvalue weighted by Gasteiger charge is -2.11. The highest BCUT2D eigenvalue weighted by atomic mass is 16.5. The molecule has 0 spiro atoms. The summed E-state index contributed by atoms with van der Waals surface area (Å²) in [5.74, 6) is 0.613. The van der Waals surface area contributed by atoms with Gasteiger partial charge in [-0.1, -0.05) is 0 Å². The number of aromatic nitrogens is 2. The van der Waals surface area contributed by atoms with E-state index < -0.39 is 0 Å². The Bertz CT molecular complexity index is 610. The summed E-state index contributed by atoms with van der Waals surface area (Å²) in [5, 5.41) is 0. The first-order valence-electron chi connectivity index (χ1n) is 6.79. The van der Waals surface area contributed by atoms with Gasteiger partial charge in [0.1, 0.15) is 5.82 Å². The predicted octanol–water partition coefficient (Wildman–Crippen LogP) is 2.90. The van der Waals surface area contributed by atoms with E-state index in [0.717, 1.165) is 28.5 Å². The number of pyridine rings is 1. The Kier molecular flexibility index (Phi) is 4.23. The maximum absolute atomic E-state index is 11.6. The molecule has 0 fully saturated rings. The van der Waals surface area contributed by atoms with E-state index in [4.69, 9.17) is 4.74 Å². The molecule has 0 radical (unpaired) electrons. The molecule has 2 heterocycles. The Labute approximate surface area is 119 Å². The predicted molar refractivity (Wildman–Crippen MR) is 78.1 cm³/mol. The molecule has 4 heteroatoms. The van der Waals surface area contributed by atoms with Gasteiger partial charge in [-0.15, -0.1) is 0 Å². The quantitative estimate of drug-likeness (QED) is 0.804. The van der Waals surface area contributed by atoms with Crippen molar-refractivity contribution in [3.8, 4) is 5.82 Å². The lowest BCUT2D eigenvalue weighted by atomic mass is 10.2. The van der Waals surface area contributed by atoms with E-state index in [1.54, 1.807) is 6.92 Å². The van der Waals surface area contributed by atoms with Gasteiger partial charge in [-0.2, -0.15) is 0 Å². The zero-order valence-corrected chi connectivity index (χ0v) is 12.4. The monoisotopic (exact) mass is 272 g/mol. The van der Waals surface area contributed by atoms with Gasteiger partial charge in [0.05, 0.1) is 18.7 Å². The molecule has 0 N–H and O–H groups in total. The van der Waals surface area contributed by atoms with Gasteiger partial charge in [0.15, 0.2) is 0 Å². The highest BCUT2D eigenvalue weighted by Crippen LogP contribution is 2.17. The first kappa shape index (κ1) is 14.3. The molecule has 2 aromatic rings. The molecular weight excluding hydrogens is 252 g/mol. The van der Waals surface area contributed by atoms with E-state index in [2.05, 4.69) is 21.7 Å². The molecule has 0 amide bonds. The number of hydrogen-bond acceptors (Lipinski definition) is 3. The Hall–Kier alpha value is -2.10. The molecule has 2 aromatic heterocycles. The van der Waals surface area contributed by atoms with Gasteiger partial charge in [0.25, 0.3) is 0 Å². The van der Waals surface area contributed by atoms with E-state index in [1.807, 2.05) is 32.9 Å². The van der Waals surface area contributed by atoms with Crippen LogP contribution >= 0.6 is 0 Å². The van der Waals surface area contributed by atoms with Crippen LogP contribution in [0.2, 0.25) is 0 Å². The molecule has 4 nitrogen and oxygen atoms in total. The van der Waals surface area contributed by atoms with E-state index >= 15 is 0 Å². The molecule has 0 aromatic carbocycles. The third-order valence-electron chi connectivity index (χ3n) is 3.14. The maximum Gasteiger partial charge on any atom is 0.311 e. The molecule has 106 valence electrons. The smallest absolute Gasteiger partial charge is 0.311 e. The van der Waals surface area contributed by atoms with Crippen molar-refractivity contribution in [2.75, 3.05) is 6.61 Å². The van der Waals surface area contributed by atoms with Gasteiger partial charge in [-0.25, -0.2) is 4.98 Å². The van der Waals surface area contributed by atoms with Crippen LogP contribution in [0.25, 0.3) is 5.82 Å². The molecule has 2 rings (SSSR count). The summed E-state index contributed by atoms with van der Waals surface area (Å²) < 4.78 is 7.06. The second-order valence-electron chi connectivity index (χ2n) is 4.93. The number of esters is 1. The van der Waals surface area contributed by atoms with Crippen LogP contribution in [-0.2, 0) is 16.0 Å². The second kappa shape index (κ2) is 5.90. The van der Waals surface area contributed by atoms with Crippen LogP contribution in [0.3, 0.4) is 0 Å². The van der Waals surface area contributed by atoms with Crippen molar-refractivity contribution >= 4 is 5.97 Å². The molecule has 0 saturated carbocycles. The van der Waals surface area contributed by atoms with Gasteiger partial charge < -0.3 is 9.30 Å². The van der Waals surface area contributed by atoms with Crippen molar-refractivity contribution in [3.63, 3.8) is 0 Å². The maximum atomic E-state index is 11.6. The lowest BCUT2D eigenvalue weighted by molar-refractivity contribution is -0.142. The Morgan fingerprint density at radius 3 is 2.45 bits per heavy atom. The molecular formula is C16H20N2O2. The normalized spacial score (nSPS) is 10.6. The van der Waals surface area contributed by atoms with Gasteiger partial charge in [-0.3, -0.25) is 4.79 Å². The van der Waals surface area contributed by atoms with Crippen molar-refractivity contribution in [2.45, 2.75) is 34.1 Å². The van der Waals surface area contributed by atoms with Gasteiger partial charge in [0.2, 0.25) is 0 Å². The van der Waals surface area contributed by atoms with Crippen LogP contribution in [0.1, 0.15) is 29.6 Å². The third kappa shape index (κ3) is 3.07. The molecule has 0 aliphatic carbocycles. The highest BCUT2D eigenvalue weighted by Gasteiger charge is 2.10. The fraction of sp³-hybridized carbons (Fsp3) is 0.375. The highest BCUT2D eigenvalue weighted by molar-refractivity contribution is 5.72. The summed E-state index contributed by atoms with van der Waals surface area (Å²) in [7, 11) is 0. The van der Waals surface area contributed by atoms with Crippen molar-refractivity contribution in [1.82, 2.24) is 9.55 Å². The van der Waals surface area contributed by atoms with Crippen molar-refractivity contribution in [1.29, 1.82) is 0 Å². The molecule has 20 heavy (non-hydrogen) atoms. The molecule has 0 aliphatic rings. The van der Waals surface area contributed by atoms with Gasteiger partial charge in [-0.05, 0) is 57.5 Å². The van der Waals surface area contributed by atoms with Crippen LogP contribution in [0.5, 0.6) is 0 Å². The minimum absolute atomic E-state index is 0.210. The van der Waals surface area contributed by atoms with Gasteiger partial charge >= 0.3 is 5.97 Å². The second-order valence-corrected chi connectivity index (χ2v) is 4.93. The SMILES string of the molecule is CCOC(=O)Cc1cc(C)cc(-n2c(C)ccc2C)n1. The number of ether oxygens (including phenoxy) is 1. The molecule has 0 aliphatic heterocycles. The number of hydrogen-bond donors (Lipinski definition) is 0. The molecule has 0 atom stereocenters. The largest absolute Gasteiger partial charge is 0.466 e. The van der Waals surface area contributed by atoms with E-state index in [1.165, 1.54) is 0 Å². The van der Waals surface area contributed by atoms with E-state index in [9.17, 15) is 4.79 Å². The van der Waals surface area contributed by atoms with Crippen LogP contribution < -0.4 is 0 Å². The fourth-order valence-corrected chi connectivity index (χ4v) is 2.31. The third-order valence-corrected chi connectivity index (χ3v) is 3.14. The minimum Gasteiger partial charge on any atom is -0.466 e. The number of carbonyl (C=O) groups is 1. The van der Waals surface area contributed by atoms with Crippen molar-refractivity contribution < 1.29 is 9.53 Å². The zero-order valence-electron chi connectivity index (χ0n) is 12.4. The lowest BCUT2D eigenvalue weighted by Crippen LogP contribution is -2.11. The Morgan fingerprint density at radius 2 is 1.85 bits per heavy atom. The van der Waals surface area contributed by atoms with Crippen LogP contribution in [0, 0.1) is 20.8 Å². The van der Waals surface area contributed by atoms with Crippen LogP contribution in [0.15, 0.2) is 24.3 Å². The average molecular weight is 272 g/mol. The Balaban J connectivity index is 2.37. The van der Waals surface area contributed by atoms with Crippen LogP contribution in [0.4, 0.5) is 0 Å². The zero-order chi connectivity index (χ0) is 14.7. The van der Waals surface area contributed by atoms with Gasteiger partial charge in [0, 0.05) is 11.4 Å². The molecule has 0 unspecified atom stereocenters. The summed E-state index contributed by atoms with van der Waals surface area (Å²) in [6.07, 6.45) is 0.210. The average Bonchev–Trinajstić information content (AvgIpc) is 2.68. The van der Waals surface area contributed by atoms with E-state index in [0.29, 0.717) is 6.61 Å².